The van der Waals surface area contributed by atoms with E-state index in [0.29, 0.717) is 6.42 Å². The summed E-state index contributed by atoms with van der Waals surface area (Å²) in [5, 5.41) is 4.69. The number of aromatic nitrogens is 1. The van der Waals surface area contributed by atoms with Crippen molar-refractivity contribution in [3.05, 3.63) is 108 Å². The van der Waals surface area contributed by atoms with Gasteiger partial charge in [-0.2, -0.15) is 0 Å². The standard InChI is InChI=1S/C30H34N4O/c1-33(21-24-12-6-3-7-13-24)22-26(18-23-10-4-2-5-11-23)34-17-16-31-29(30(34)35)19-25-20-32-28-15-9-8-14-27(25)28/h2-15,20,26,29,31-32H,16-19,21-22H2,1H3/t26-,29+/m1/s1. The van der Waals surface area contributed by atoms with E-state index >= 15 is 0 Å². The lowest BCUT2D eigenvalue weighted by Crippen LogP contribution is -2.60. The molecule has 0 saturated carbocycles. The minimum atomic E-state index is -0.208. The molecule has 1 aromatic heterocycles. The number of hydrogen-bond acceptors (Lipinski definition) is 3. The molecule has 0 radical (unpaired) electrons. The number of benzene rings is 3. The van der Waals surface area contributed by atoms with E-state index in [1.54, 1.807) is 0 Å². The fraction of sp³-hybridized carbons (Fsp3) is 0.300. The Bertz CT molecular complexity index is 1240. The summed E-state index contributed by atoms with van der Waals surface area (Å²) in [5.41, 5.74) is 4.86. The zero-order valence-corrected chi connectivity index (χ0v) is 20.4. The number of H-pyrrole nitrogens is 1. The molecule has 4 aromatic rings. The van der Waals surface area contributed by atoms with Crippen LogP contribution < -0.4 is 5.32 Å². The minimum absolute atomic E-state index is 0.117. The molecule has 0 aliphatic carbocycles. The second kappa shape index (κ2) is 10.9. The number of amides is 1. The molecule has 5 nitrogen and oxygen atoms in total. The molecule has 180 valence electrons. The van der Waals surface area contributed by atoms with Crippen LogP contribution in [0, 0.1) is 0 Å². The summed E-state index contributed by atoms with van der Waals surface area (Å²) in [6, 6.07) is 29.3. The molecule has 2 N–H and O–H groups in total. The zero-order valence-electron chi connectivity index (χ0n) is 20.4. The van der Waals surface area contributed by atoms with Crippen molar-refractivity contribution < 1.29 is 4.79 Å². The Morgan fingerprint density at radius 2 is 1.63 bits per heavy atom. The first-order valence-corrected chi connectivity index (χ1v) is 12.5. The second-order valence-corrected chi connectivity index (χ2v) is 9.63. The van der Waals surface area contributed by atoms with Gasteiger partial charge in [0, 0.05) is 49.3 Å². The Kier molecular flexibility index (Phi) is 7.26. The van der Waals surface area contributed by atoms with Crippen LogP contribution in [0.15, 0.2) is 91.1 Å². The summed E-state index contributed by atoms with van der Waals surface area (Å²) in [7, 11) is 2.15. The maximum absolute atomic E-state index is 13.8. The number of nitrogens with one attached hydrogen (secondary N) is 2. The Morgan fingerprint density at radius 1 is 0.943 bits per heavy atom. The van der Waals surface area contributed by atoms with Gasteiger partial charge in [0.15, 0.2) is 0 Å². The Morgan fingerprint density at radius 3 is 2.40 bits per heavy atom. The van der Waals surface area contributed by atoms with Gasteiger partial charge in [-0.05, 0) is 42.6 Å². The van der Waals surface area contributed by atoms with Crippen LogP contribution in [0.1, 0.15) is 16.7 Å². The Labute approximate surface area is 207 Å². The van der Waals surface area contributed by atoms with Gasteiger partial charge in [0.25, 0.3) is 0 Å². The summed E-state index contributed by atoms with van der Waals surface area (Å²) < 4.78 is 0. The Balaban J connectivity index is 1.34. The van der Waals surface area contributed by atoms with Crippen molar-refractivity contribution in [2.24, 2.45) is 0 Å². The fourth-order valence-corrected chi connectivity index (χ4v) is 5.28. The van der Waals surface area contributed by atoms with Gasteiger partial charge in [-0.3, -0.25) is 4.79 Å². The average molecular weight is 467 g/mol. The Hall–Kier alpha value is -3.41. The molecular weight excluding hydrogens is 432 g/mol. The van der Waals surface area contributed by atoms with Crippen molar-refractivity contribution in [2.75, 3.05) is 26.7 Å². The van der Waals surface area contributed by atoms with Gasteiger partial charge < -0.3 is 20.1 Å². The van der Waals surface area contributed by atoms with Gasteiger partial charge in [0.1, 0.15) is 0 Å². The van der Waals surface area contributed by atoms with Gasteiger partial charge in [0.05, 0.1) is 6.04 Å². The smallest absolute Gasteiger partial charge is 0.240 e. The van der Waals surface area contributed by atoms with E-state index in [1.165, 1.54) is 22.1 Å². The van der Waals surface area contributed by atoms with E-state index in [1.807, 2.05) is 18.3 Å². The van der Waals surface area contributed by atoms with Gasteiger partial charge in [-0.25, -0.2) is 0 Å². The van der Waals surface area contributed by atoms with Crippen molar-refractivity contribution in [3.63, 3.8) is 0 Å². The summed E-state index contributed by atoms with van der Waals surface area (Å²) in [4.78, 5) is 21.6. The molecule has 1 amide bonds. The maximum Gasteiger partial charge on any atom is 0.240 e. The van der Waals surface area contributed by atoms with Crippen molar-refractivity contribution >= 4 is 16.8 Å². The van der Waals surface area contributed by atoms with E-state index in [-0.39, 0.29) is 18.0 Å². The topological polar surface area (TPSA) is 51.4 Å². The van der Waals surface area contributed by atoms with Crippen molar-refractivity contribution in [2.45, 2.75) is 31.5 Å². The van der Waals surface area contributed by atoms with Crippen LogP contribution in [0.25, 0.3) is 10.9 Å². The van der Waals surface area contributed by atoms with Crippen LogP contribution in [-0.2, 0) is 24.2 Å². The molecule has 2 heterocycles. The number of piperazine rings is 1. The van der Waals surface area contributed by atoms with Gasteiger partial charge >= 0.3 is 0 Å². The number of aromatic amines is 1. The van der Waals surface area contributed by atoms with E-state index in [4.69, 9.17) is 0 Å². The van der Waals surface area contributed by atoms with Gasteiger partial charge in [0.2, 0.25) is 5.91 Å². The van der Waals surface area contributed by atoms with Crippen molar-refractivity contribution in [1.82, 2.24) is 20.1 Å². The molecule has 5 rings (SSSR count). The van der Waals surface area contributed by atoms with E-state index < -0.39 is 0 Å². The van der Waals surface area contributed by atoms with Gasteiger partial charge in [-0.1, -0.05) is 78.9 Å². The average Bonchev–Trinajstić information content (AvgIpc) is 3.29. The van der Waals surface area contributed by atoms with E-state index in [2.05, 4.69) is 99.9 Å². The first-order chi connectivity index (χ1) is 17.2. The fourth-order valence-electron chi connectivity index (χ4n) is 5.28. The molecule has 35 heavy (non-hydrogen) atoms. The lowest BCUT2D eigenvalue weighted by molar-refractivity contribution is -0.138. The molecule has 5 heteroatoms. The highest BCUT2D eigenvalue weighted by Crippen LogP contribution is 2.22. The number of carbonyl (C=O) groups excluding carboxylic acids is 1. The zero-order chi connectivity index (χ0) is 24.0. The summed E-state index contributed by atoms with van der Waals surface area (Å²) in [6.45, 7) is 3.24. The van der Waals surface area contributed by atoms with E-state index in [9.17, 15) is 4.79 Å². The second-order valence-electron chi connectivity index (χ2n) is 9.63. The van der Waals surface area contributed by atoms with Crippen LogP contribution in [0.2, 0.25) is 0 Å². The predicted octanol–water partition coefficient (Wildman–Crippen LogP) is 4.25. The number of para-hydroxylation sites is 1. The highest BCUT2D eigenvalue weighted by molar-refractivity contribution is 5.86. The number of nitrogens with zero attached hydrogens (tertiary/aromatic N) is 2. The van der Waals surface area contributed by atoms with E-state index in [0.717, 1.165) is 38.1 Å². The third-order valence-corrected chi connectivity index (χ3v) is 7.00. The van der Waals surface area contributed by atoms with Crippen LogP contribution in [0.4, 0.5) is 0 Å². The highest BCUT2D eigenvalue weighted by atomic mass is 16.2. The third-order valence-electron chi connectivity index (χ3n) is 7.00. The molecule has 1 fully saturated rings. The normalized spacial score (nSPS) is 17.3. The lowest BCUT2D eigenvalue weighted by Gasteiger charge is -2.40. The predicted molar refractivity (Wildman–Crippen MR) is 142 cm³/mol. The number of rotatable bonds is 9. The van der Waals surface area contributed by atoms with Crippen molar-refractivity contribution in [1.29, 1.82) is 0 Å². The molecule has 1 aliphatic heterocycles. The number of likely N-dealkylation sites (N-methyl/N-ethyl adjacent to an activating group) is 1. The highest BCUT2D eigenvalue weighted by Gasteiger charge is 2.34. The number of carbonyl (C=O) groups is 1. The first kappa shape index (κ1) is 23.3. The molecule has 2 atom stereocenters. The maximum atomic E-state index is 13.8. The number of fused-ring (bicyclic) bond motifs is 1. The lowest BCUT2D eigenvalue weighted by atomic mass is 9.98. The van der Waals surface area contributed by atoms with Gasteiger partial charge in [-0.15, -0.1) is 0 Å². The molecule has 1 saturated heterocycles. The van der Waals surface area contributed by atoms with Crippen molar-refractivity contribution in [3.8, 4) is 0 Å². The summed E-state index contributed by atoms with van der Waals surface area (Å²) in [6.07, 6.45) is 3.59. The third kappa shape index (κ3) is 5.64. The molecule has 0 spiro atoms. The molecular formula is C30H34N4O. The minimum Gasteiger partial charge on any atom is -0.361 e. The quantitative estimate of drug-likeness (QED) is 0.388. The van der Waals surface area contributed by atoms with Crippen LogP contribution in [0.5, 0.6) is 0 Å². The monoisotopic (exact) mass is 466 g/mol. The number of hydrogen-bond donors (Lipinski definition) is 2. The van der Waals surface area contributed by atoms with Crippen LogP contribution >= 0.6 is 0 Å². The molecule has 0 unspecified atom stereocenters. The first-order valence-electron chi connectivity index (χ1n) is 12.5. The summed E-state index contributed by atoms with van der Waals surface area (Å²) >= 11 is 0. The van der Waals surface area contributed by atoms with Crippen LogP contribution in [-0.4, -0.2) is 59.5 Å². The molecule has 1 aliphatic rings. The SMILES string of the molecule is CN(Cc1ccccc1)C[C@@H](Cc1ccccc1)N1CCN[C@@H](Cc2c[nH]c3ccccc23)C1=O. The molecule has 3 aromatic carbocycles. The van der Waals surface area contributed by atoms with Crippen LogP contribution in [0.3, 0.4) is 0 Å². The summed E-state index contributed by atoms with van der Waals surface area (Å²) in [5.74, 6) is 0.204. The largest absolute Gasteiger partial charge is 0.361 e. The molecule has 0 bridgehead atoms.